The molecular weight excluding hydrogens is 224 g/mol. The largest absolute Gasteiger partial charge is 0.682 e. The van der Waals surface area contributed by atoms with Crippen molar-refractivity contribution in [3.05, 3.63) is 0 Å². The lowest BCUT2D eigenvalue weighted by Gasteiger charge is -2.53. The molecule has 10 heteroatoms. The van der Waals surface area contributed by atoms with Gasteiger partial charge in [0.05, 0.1) is 6.42 Å². The Morgan fingerprint density at radius 1 is 1.15 bits per heavy atom. The van der Waals surface area contributed by atoms with E-state index in [9.17, 15) is 19.6 Å². The summed E-state index contributed by atoms with van der Waals surface area (Å²) in [6.45, 7) is -0.532. The lowest BCUT2D eigenvalue weighted by Crippen LogP contribution is -2.54. The van der Waals surface area contributed by atoms with Gasteiger partial charge in [-0.25, -0.2) is 9.79 Å². The SMILES string of the molecule is NCCC(O)([P+]([O-])([O-])[O-])[P+]([O-])(O)O. The number of hydrogen-bond donors (Lipinski definition) is 4. The Kier molecular flexibility index (Phi) is 4.12. The molecule has 0 aliphatic rings. The van der Waals surface area contributed by atoms with Crippen molar-refractivity contribution in [2.24, 2.45) is 5.73 Å². The van der Waals surface area contributed by atoms with E-state index in [-0.39, 0.29) is 0 Å². The molecule has 80 valence electrons. The molecule has 0 aromatic rings. The van der Waals surface area contributed by atoms with Crippen LogP contribution in [0.3, 0.4) is 0 Å². The predicted molar refractivity (Wildman–Crippen MR) is 36.9 cm³/mol. The summed E-state index contributed by atoms with van der Waals surface area (Å²) in [4.78, 5) is 58.5. The van der Waals surface area contributed by atoms with Crippen molar-refractivity contribution in [2.75, 3.05) is 6.54 Å². The molecule has 8 nitrogen and oxygen atoms in total. The topological polar surface area (TPSA) is 179 Å². The highest BCUT2D eigenvalue weighted by Crippen LogP contribution is 2.69. The van der Waals surface area contributed by atoms with Crippen LogP contribution in [0.5, 0.6) is 0 Å². The summed E-state index contributed by atoms with van der Waals surface area (Å²) in [5.41, 5.74) is 4.81. The van der Waals surface area contributed by atoms with E-state index >= 15 is 0 Å². The first-order valence-electron chi connectivity index (χ1n) is 3.06. The number of aliphatic hydroxyl groups is 1. The summed E-state index contributed by atoms with van der Waals surface area (Å²) in [5, 5.41) is 5.36. The molecule has 0 heterocycles. The molecule has 1 unspecified atom stereocenters. The van der Waals surface area contributed by atoms with Crippen LogP contribution in [0.25, 0.3) is 0 Å². The maximum absolute atomic E-state index is 10.5. The number of rotatable bonds is 4. The van der Waals surface area contributed by atoms with E-state index in [1.54, 1.807) is 0 Å². The molecule has 0 amide bonds. The van der Waals surface area contributed by atoms with Crippen molar-refractivity contribution < 1.29 is 34.5 Å². The van der Waals surface area contributed by atoms with Gasteiger partial charge in [0.25, 0.3) is 0 Å². The van der Waals surface area contributed by atoms with E-state index in [0.717, 1.165) is 0 Å². The number of hydrogen-bond acceptors (Lipinski definition) is 8. The van der Waals surface area contributed by atoms with Crippen LogP contribution in [0.4, 0.5) is 0 Å². The molecule has 0 spiro atoms. The lowest BCUT2D eigenvalue weighted by molar-refractivity contribution is -0.440. The maximum atomic E-state index is 10.5. The first kappa shape index (κ1) is 13.5. The van der Waals surface area contributed by atoms with Crippen LogP contribution >= 0.6 is 15.9 Å². The zero-order valence-corrected chi connectivity index (χ0v) is 8.15. The summed E-state index contributed by atoms with van der Waals surface area (Å²) in [6.07, 6.45) is -0.998. The summed E-state index contributed by atoms with van der Waals surface area (Å²) >= 11 is 0. The van der Waals surface area contributed by atoms with E-state index in [0.29, 0.717) is 0 Å². The molecule has 0 rings (SSSR count). The summed E-state index contributed by atoms with van der Waals surface area (Å²) in [5.74, 6) is 0. The van der Waals surface area contributed by atoms with Crippen LogP contribution < -0.4 is 25.3 Å². The van der Waals surface area contributed by atoms with Crippen LogP contribution in [0.2, 0.25) is 0 Å². The monoisotopic (exact) mass is 233 g/mol. The van der Waals surface area contributed by atoms with Crippen molar-refractivity contribution in [3.8, 4) is 0 Å². The minimum Gasteiger partial charge on any atom is -0.682 e. The average Bonchev–Trinajstić information content (AvgIpc) is 1.82. The van der Waals surface area contributed by atoms with Crippen molar-refractivity contribution >= 4 is 15.9 Å². The second-order valence-corrected chi connectivity index (χ2v) is 6.27. The summed E-state index contributed by atoms with van der Waals surface area (Å²) in [7, 11) is -11.3. The van der Waals surface area contributed by atoms with E-state index in [1.807, 2.05) is 0 Å². The molecule has 0 aromatic carbocycles. The molecular formula is C3H9NO7P2-2. The fraction of sp³-hybridized carbons (Fsp3) is 1.00. The third kappa shape index (κ3) is 2.74. The van der Waals surface area contributed by atoms with Crippen LogP contribution in [0.1, 0.15) is 6.42 Å². The van der Waals surface area contributed by atoms with Crippen molar-refractivity contribution in [1.82, 2.24) is 0 Å². The van der Waals surface area contributed by atoms with Gasteiger partial charge in [0.2, 0.25) is 0 Å². The predicted octanol–water partition coefficient (Wildman–Crippen LogP) is -5.07. The van der Waals surface area contributed by atoms with Gasteiger partial charge in [-0.3, -0.25) is 0 Å². The van der Waals surface area contributed by atoms with Gasteiger partial charge in [0, 0.05) is 6.54 Å². The Labute approximate surface area is 75.1 Å². The number of nitrogens with two attached hydrogens (primary N) is 1. The molecule has 0 aliphatic carbocycles. The van der Waals surface area contributed by atoms with Gasteiger partial charge in [-0.2, -0.15) is 0 Å². The molecule has 0 radical (unpaired) electrons. The van der Waals surface area contributed by atoms with Crippen molar-refractivity contribution in [3.63, 3.8) is 0 Å². The van der Waals surface area contributed by atoms with Gasteiger partial charge in [0.15, 0.2) is 0 Å². The normalized spacial score (nSPS) is 18.5. The molecule has 13 heavy (non-hydrogen) atoms. The zero-order chi connectivity index (χ0) is 10.9. The lowest BCUT2D eigenvalue weighted by atomic mass is 10.5. The van der Waals surface area contributed by atoms with Gasteiger partial charge >= 0.3 is 13.0 Å². The highest BCUT2D eigenvalue weighted by atomic mass is 31.3. The molecule has 5 N–H and O–H groups in total. The van der Waals surface area contributed by atoms with E-state index in [2.05, 4.69) is 0 Å². The van der Waals surface area contributed by atoms with E-state index < -0.39 is 33.9 Å². The second-order valence-electron chi connectivity index (χ2n) is 2.35. The third-order valence-corrected chi connectivity index (χ3v) is 5.16. The first-order valence-corrected chi connectivity index (χ1v) is 6.22. The zero-order valence-electron chi connectivity index (χ0n) is 6.36. The van der Waals surface area contributed by atoms with Crippen LogP contribution in [0, 0.1) is 0 Å². The van der Waals surface area contributed by atoms with Crippen LogP contribution in [-0.4, -0.2) is 26.5 Å². The minimum atomic E-state index is -5.81. The highest BCUT2D eigenvalue weighted by molar-refractivity contribution is 7.75. The van der Waals surface area contributed by atoms with Gasteiger partial charge in [-0.05, 0) is 0 Å². The van der Waals surface area contributed by atoms with Crippen LogP contribution in [0.15, 0.2) is 0 Å². The van der Waals surface area contributed by atoms with Crippen molar-refractivity contribution in [1.29, 1.82) is 0 Å². The Hall–Kier alpha value is 0.540. The van der Waals surface area contributed by atoms with Crippen molar-refractivity contribution in [2.45, 2.75) is 11.5 Å². The fourth-order valence-electron chi connectivity index (χ4n) is 0.636. The molecule has 0 fully saturated rings. The Morgan fingerprint density at radius 2 is 1.54 bits per heavy atom. The molecule has 0 bridgehead atoms. The average molecular weight is 233 g/mol. The summed E-state index contributed by atoms with van der Waals surface area (Å²) < 4.78 is 0. The Balaban J connectivity index is 4.96. The Bertz CT molecular complexity index is 160. The Morgan fingerprint density at radius 3 is 1.62 bits per heavy atom. The first-order chi connectivity index (χ1) is 5.56. The van der Waals surface area contributed by atoms with Gasteiger partial charge < -0.3 is 30.4 Å². The third-order valence-electron chi connectivity index (χ3n) is 1.38. The van der Waals surface area contributed by atoms with Gasteiger partial charge in [0.1, 0.15) is 0 Å². The molecule has 0 aromatic heterocycles. The smallest absolute Gasteiger partial charge is 0.307 e. The fourth-order valence-corrected chi connectivity index (χ4v) is 2.74. The van der Waals surface area contributed by atoms with Gasteiger partial charge in [-0.1, -0.05) is 7.94 Å². The maximum Gasteiger partial charge on any atom is 0.307 e. The molecule has 1 atom stereocenters. The van der Waals surface area contributed by atoms with E-state index in [4.69, 9.17) is 20.6 Å². The van der Waals surface area contributed by atoms with Gasteiger partial charge in [-0.15, -0.1) is 0 Å². The second kappa shape index (κ2) is 3.96. The molecule has 0 saturated carbocycles. The molecule has 0 aliphatic heterocycles. The molecule has 0 saturated heterocycles. The minimum absolute atomic E-state index is 0.532. The highest BCUT2D eigenvalue weighted by Gasteiger charge is 2.56. The quantitative estimate of drug-likeness (QED) is 0.348. The van der Waals surface area contributed by atoms with E-state index in [1.165, 1.54) is 0 Å². The van der Waals surface area contributed by atoms with Crippen LogP contribution in [-0.2, 0) is 0 Å². The summed E-state index contributed by atoms with van der Waals surface area (Å²) in [6, 6.07) is 0. The standard InChI is InChI=1S/C3H11NO7P2/c4-2-1-3(5,12(6,7)8)13(9,10)11/h5H,1-2,4H2,(H2,6,7,8)(H2,9,10,11)/p-2.